The van der Waals surface area contributed by atoms with Gasteiger partial charge in [-0.05, 0) is 293 Å². The van der Waals surface area contributed by atoms with E-state index in [0.29, 0.717) is 83.4 Å². The highest BCUT2D eigenvalue weighted by molar-refractivity contribution is 7.04. The summed E-state index contributed by atoms with van der Waals surface area (Å²) >= 11 is 0. The summed E-state index contributed by atoms with van der Waals surface area (Å²) in [5.41, 5.74) is 2.85. The van der Waals surface area contributed by atoms with E-state index in [1.165, 1.54) is 80.3 Å². The molecular formula is C111H93B3F10N8O2. The minimum absolute atomic E-state index is 0.0364. The Hall–Kier alpha value is -13.8. The summed E-state index contributed by atoms with van der Waals surface area (Å²) in [6.07, 6.45) is 0. The van der Waals surface area contributed by atoms with Crippen molar-refractivity contribution in [3.8, 4) is 6.07 Å². The van der Waals surface area contributed by atoms with Crippen LogP contribution in [0.4, 0.5) is 152 Å². The number of nitrogens with zero attached hydrogens (tertiary/aromatic N) is 8. The number of anilines is 18. The minimum Gasteiger partial charge on any atom is -0.468 e. The first kappa shape index (κ1) is 86.9. The van der Waals surface area contributed by atoms with Gasteiger partial charge in [0.2, 0.25) is 0 Å². The topological polar surface area (TPSA) is 73.9 Å². The number of rotatable bonds is 6. The molecule has 0 radical (unpaired) electrons. The van der Waals surface area contributed by atoms with Crippen LogP contribution in [0.25, 0.3) is 26.8 Å². The molecule has 15 aromatic rings. The van der Waals surface area contributed by atoms with Crippen LogP contribution in [-0.2, 0) is 32.5 Å². The third kappa shape index (κ3) is 12.9. The standard InChI is InChI=1S/C111H93B3F10N8O2/c1-54-31-87-95-88(32-54)130(101-75(119)42-61(43-76(101)120)109(13,14)15)84-52-86-70(114-97-90(34-56(3)36-92(97)132(86)103-79(123)46-63(47-80(103)124)111(19,20)21)128(82-28-25-59(39-72(82)116)107(7,8)9)99-66-48-64(126-22)26-30-94(66)134-105(99)114)50-68(84)112(95)67-49-69-85(51-83(67)129(87)100-73(117)40-60(41-74(100)118)108(10,11)12)131(102-77(121)44-62(45-78(102)122)110(16,17)18)91-35-55(2)33-89-96(91)113(69)104-98(65-37-57(53-125)23-29-93(65)133-104)127(89)81-27-24-58(38-71(81)115)106(4,5)6/h23-52H,1-21H3. The molecule has 0 saturated carbocycles. The van der Waals surface area contributed by atoms with E-state index >= 15 is 43.9 Å². The van der Waals surface area contributed by atoms with Crippen LogP contribution in [0.15, 0.2) is 191 Å². The van der Waals surface area contributed by atoms with Gasteiger partial charge >= 0.3 is 0 Å². The highest BCUT2D eigenvalue weighted by atomic mass is 19.2. The summed E-state index contributed by atoms with van der Waals surface area (Å²) in [6, 6.07) is 50.1. The van der Waals surface area contributed by atoms with Crippen molar-refractivity contribution in [2.45, 2.75) is 178 Å². The van der Waals surface area contributed by atoms with Crippen LogP contribution >= 0.6 is 0 Å². The summed E-state index contributed by atoms with van der Waals surface area (Å²) in [6.45, 7) is 43.8. The monoisotopic (exact) mass is 1790 g/mol. The molecule has 8 heterocycles. The minimum atomic E-state index is -1.33. The molecule has 2 aromatic heterocycles. The quantitative estimate of drug-likeness (QED) is 0.0919. The Kier molecular flexibility index (Phi) is 18.9. The lowest BCUT2D eigenvalue weighted by atomic mass is 9.29. The maximum Gasteiger partial charge on any atom is 0.297 e. The van der Waals surface area contributed by atoms with Crippen molar-refractivity contribution in [3.05, 3.63) is 307 Å². The first-order valence-electron chi connectivity index (χ1n) is 45.1. The Morgan fingerprint density at radius 2 is 0.537 bits per heavy atom. The highest BCUT2D eigenvalue weighted by Gasteiger charge is 2.56. The summed E-state index contributed by atoms with van der Waals surface area (Å²) in [7, 11) is 0. The molecule has 6 aliphatic rings. The molecule has 0 amide bonds. The van der Waals surface area contributed by atoms with Gasteiger partial charge in [0.15, 0.2) is 52.2 Å². The average molecular weight is 1790 g/mol. The van der Waals surface area contributed by atoms with Gasteiger partial charge in [-0.2, -0.15) is 5.26 Å². The van der Waals surface area contributed by atoms with Crippen molar-refractivity contribution in [2.75, 3.05) is 29.4 Å². The second-order valence-electron chi connectivity index (χ2n) is 43.1. The molecule has 0 saturated heterocycles. The molecule has 6 aliphatic heterocycles. The number of aryl methyl sites for hydroxylation is 3. The van der Waals surface area contributed by atoms with E-state index in [1.807, 2.05) is 175 Å². The number of nitriles is 1. The number of hydrogen-bond acceptors (Lipinski definition) is 9. The normalized spacial score (nSPS) is 14.2. The van der Waals surface area contributed by atoms with E-state index in [9.17, 15) is 5.26 Å². The van der Waals surface area contributed by atoms with Gasteiger partial charge in [-0.25, -0.2) is 48.7 Å². The molecular weight excluding hydrogens is 1700 g/mol. The molecule has 13 aromatic carbocycles. The van der Waals surface area contributed by atoms with Crippen molar-refractivity contribution in [1.29, 1.82) is 5.26 Å². The van der Waals surface area contributed by atoms with Crippen LogP contribution < -0.4 is 79.0 Å². The largest absolute Gasteiger partial charge is 0.468 e. The van der Waals surface area contributed by atoms with E-state index in [-0.39, 0.29) is 129 Å². The molecule has 0 bridgehead atoms. The molecule has 0 N–H and O–H groups in total. The van der Waals surface area contributed by atoms with Gasteiger partial charge in [-0.15, -0.1) is 0 Å². The third-order valence-corrected chi connectivity index (χ3v) is 27.8. The van der Waals surface area contributed by atoms with E-state index in [0.717, 1.165) is 0 Å². The van der Waals surface area contributed by atoms with Crippen LogP contribution in [0.1, 0.15) is 180 Å². The van der Waals surface area contributed by atoms with Gasteiger partial charge in [0, 0.05) is 67.6 Å². The zero-order valence-corrected chi connectivity index (χ0v) is 78.2. The Labute approximate surface area is 773 Å². The van der Waals surface area contributed by atoms with Crippen LogP contribution in [-0.4, -0.2) is 20.1 Å². The average Bonchev–Trinajstić information content (AvgIpc) is 0.714. The fraction of sp³-hybridized carbons (Fsp3) is 0.243. The Bertz CT molecular complexity index is 7330. The van der Waals surface area contributed by atoms with Crippen LogP contribution in [0, 0.1) is 96.8 Å². The van der Waals surface area contributed by atoms with Gasteiger partial charge in [0.05, 0.1) is 52.3 Å². The molecule has 0 spiro atoms. The van der Waals surface area contributed by atoms with Crippen molar-refractivity contribution in [3.63, 3.8) is 0 Å². The van der Waals surface area contributed by atoms with Crippen molar-refractivity contribution >= 4 is 200 Å². The summed E-state index contributed by atoms with van der Waals surface area (Å²) < 4.78 is 204. The molecule has 668 valence electrons. The van der Waals surface area contributed by atoms with Gasteiger partial charge in [0.25, 0.3) is 20.1 Å². The fourth-order valence-electron chi connectivity index (χ4n) is 21.1. The first-order chi connectivity index (χ1) is 63.0. The SMILES string of the molecule is [C-]#[N+]c1ccc2oc3c(c2c1)N(c1ccc(C(C)(C)C)cc1F)c1cc(C)cc2c1B3c1cc3c(cc1N2c1c(F)cc(C(C)(C)C)cc1F)N(c1c(F)cc(C(C)(C)C)cc1F)c1cc(C)cc2c1B3c1cc3c(cc1N2c1c(F)cc(C(C)(C)C)cc1F)N(c1c(F)cc(C(C)(C)C)cc1F)c1cc(C)cc2c1B3c1oc3ccc(C#N)cc3c1N2c1ccc(C(C)(C)C)cc1F. The molecule has 0 atom stereocenters. The van der Waals surface area contributed by atoms with E-state index in [2.05, 4.69) is 10.9 Å². The molecule has 21 rings (SSSR count). The van der Waals surface area contributed by atoms with E-state index in [4.69, 9.17) is 15.4 Å². The lowest BCUT2D eigenvalue weighted by Gasteiger charge is -2.48. The summed E-state index contributed by atoms with van der Waals surface area (Å²) in [4.78, 5) is 13.2. The maximum absolute atomic E-state index is 19.1. The molecule has 0 aliphatic carbocycles. The number of halogens is 10. The van der Waals surface area contributed by atoms with Gasteiger partial charge in [-0.3, -0.25) is 0 Å². The zero-order valence-electron chi connectivity index (χ0n) is 78.2. The second kappa shape index (κ2) is 29.1. The van der Waals surface area contributed by atoms with Gasteiger partial charge in [-0.1, -0.05) is 155 Å². The molecule has 0 fully saturated rings. The van der Waals surface area contributed by atoms with E-state index in [1.54, 1.807) is 102 Å². The number of fused-ring (bicyclic) bond motifs is 16. The zero-order chi connectivity index (χ0) is 95.3. The maximum atomic E-state index is 19.1. The molecule has 10 nitrogen and oxygen atoms in total. The van der Waals surface area contributed by atoms with Crippen LogP contribution in [0.2, 0.25) is 0 Å². The smallest absolute Gasteiger partial charge is 0.297 e. The summed E-state index contributed by atoms with van der Waals surface area (Å²) in [5.74, 6) is -9.42. The highest BCUT2D eigenvalue weighted by Crippen LogP contribution is 2.57. The van der Waals surface area contributed by atoms with Crippen LogP contribution in [0.3, 0.4) is 0 Å². The number of furan rings is 2. The van der Waals surface area contributed by atoms with Crippen molar-refractivity contribution in [2.24, 2.45) is 0 Å². The Morgan fingerprint density at radius 3 is 0.813 bits per heavy atom. The first-order valence-corrected chi connectivity index (χ1v) is 45.1. The molecule has 23 heteroatoms. The lowest BCUT2D eigenvalue weighted by Crippen LogP contribution is -2.66. The third-order valence-electron chi connectivity index (χ3n) is 27.8. The molecule has 0 unspecified atom stereocenters. The van der Waals surface area contributed by atoms with Gasteiger partial charge in [0.1, 0.15) is 45.6 Å². The predicted molar refractivity (Wildman–Crippen MR) is 525 cm³/mol. The van der Waals surface area contributed by atoms with E-state index < -0.39 is 134 Å². The Balaban J connectivity index is 0.950. The fourth-order valence-corrected chi connectivity index (χ4v) is 21.1. The van der Waals surface area contributed by atoms with Crippen LogP contribution in [0.5, 0.6) is 0 Å². The second-order valence-corrected chi connectivity index (χ2v) is 43.1. The van der Waals surface area contributed by atoms with Gasteiger partial charge < -0.3 is 38.2 Å². The summed E-state index contributed by atoms with van der Waals surface area (Å²) in [5, 5.41) is 11.6. The van der Waals surface area contributed by atoms with Crippen molar-refractivity contribution in [1.82, 2.24) is 0 Å². The number of hydrogen-bond donors (Lipinski definition) is 0. The Morgan fingerprint density at radius 1 is 0.276 bits per heavy atom. The molecule has 134 heavy (non-hydrogen) atoms. The predicted octanol–water partition coefficient (Wildman–Crippen LogP) is 26.0. The lowest BCUT2D eigenvalue weighted by molar-refractivity contribution is 0.546. The van der Waals surface area contributed by atoms with Crippen molar-refractivity contribution < 1.29 is 52.7 Å². The number of benzene rings is 13.